The van der Waals surface area contributed by atoms with Gasteiger partial charge in [-0.3, -0.25) is 9.78 Å². The van der Waals surface area contributed by atoms with Crippen molar-refractivity contribution in [3.63, 3.8) is 0 Å². The first-order valence-electron chi connectivity index (χ1n) is 6.97. The Morgan fingerprint density at radius 1 is 1.43 bits per heavy atom. The summed E-state index contributed by atoms with van der Waals surface area (Å²) in [6.07, 6.45) is 7.31. The fraction of sp³-hybridized carbons (Fsp3) is 0.400. The number of thioether (sulfide) groups is 1. The highest BCUT2D eigenvalue weighted by molar-refractivity contribution is 7.99. The lowest BCUT2D eigenvalue weighted by molar-refractivity contribution is 0.0984. The van der Waals surface area contributed by atoms with Crippen LogP contribution in [0, 0.1) is 0 Å². The van der Waals surface area contributed by atoms with Crippen LogP contribution in [0.15, 0.2) is 35.9 Å². The minimum absolute atomic E-state index is 0.0830. The number of imidazole rings is 1. The maximum absolute atomic E-state index is 12.5. The third-order valence-electron chi connectivity index (χ3n) is 3.23. The lowest BCUT2D eigenvalue weighted by atomic mass is 10.3. The minimum atomic E-state index is -0.0830. The van der Waals surface area contributed by atoms with E-state index in [0.29, 0.717) is 5.69 Å². The summed E-state index contributed by atoms with van der Waals surface area (Å²) in [7, 11) is 3.63. The monoisotopic (exact) mass is 304 g/mol. The van der Waals surface area contributed by atoms with Crippen molar-refractivity contribution in [2.75, 3.05) is 17.7 Å². The molecule has 0 aromatic carbocycles. The van der Waals surface area contributed by atoms with E-state index in [2.05, 4.69) is 16.9 Å². The number of carbonyl (C=O) groups excluding carboxylic acids is 1. The second kappa shape index (κ2) is 7.26. The van der Waals surface area contributed by atoms with Crippen molar-refractivity contribution in [3.05, 3.63) is 36.4 Å². The Kier molecular flexibility index (Phi) is 5.38. The van der Waals surface area contributed by atoms with Crippen molar-refractivity contribution >= 4 is 23.4 Å². The van der Waals surface area contributed by atoms with E-state index in [4.69, 9.17) is 0 Å². The predicted octanol–water partition coefficient (Wildman–Crippen LogP) is 2.98. The molecule has 1 amide bonds. The van der Waals surface area contributed by atoms with Crippen LogP contribution in [0.2, 0.25) is 0 Å². The van der Waals surface area contributed by atoms with E-state index in [9.17, 15) is 4.79 Å². The van der Waals surface area contributed by atoms with Gasteiger partial charge in [0.1, 0.15) is 5.69 Å². The number of hydrogen-bond acceptors (Lipinski definition) is 4. The second-order valence-corrected chi connectivity index (χ2v) is 5.82. The molecule has 5 nitrogen and oxygen atoms in total. The van der Waals surface area contributed by atoms with Crippen molar-refractivity contribution in [1.29, 1.82) is 0 Å². The SMILES string of the molecule is CCCCSc1ncc(C(=O)N(C)c2cccnc2)n1C. The fourth-order valence-corrected chi connectivity index (χ4v) is 2.91. The molecule has 0 unspecified atom stereocenters. The summed E-state index contributed by atoms with van der Waals surface area (Å²) in [5.41, 5.74) is 1.35. The van der Waals surface area contributed by atoms with Crippen molar-refractivity contribution in [2.24, 2.45) is 7.05 Å². The molecule has 0 bridgehead atoms. The lowest BCUT2D eigenvalue weighted by Gasteiger charge is -2.16. The molecule has 2 aromatic heterocycles. The Balaban J connectivity index is 2.13. The fourth-order valence-electron chi connectivity index (χ4n) is 1.87. The highest BCUT2D eigenvalue weighted by atomic mass is 32.2. The molecule has 0 N–H and O–H groups in total. The normalized spacial score (nSPS) is 10.6. The lowest BCUT2D eigenvalue weighted by Crippen LogP contribution is -2.28. The molecule has 0 saturated carbocycles. The van der Waals surface area contributed by atoms with Gasteiger partial charge in [-0.15, -0.1) is 0 Å². The number of anilines is 1. The average molecular weight is 304 g/mol. The van der Waals surface area contributed by atoms with E-state index < -0.39 is 0 Å². The molecule has 0 fully saturated rings. The largest absolute Gasteiger partial charge is 0.318 e. The number of unbranched alkanes of at least 4 members (excludes halogenated alkanes) is 1. The summed E-state index contributed by atoms with van der Waals surface area (Å²) in [6.45, 7) is 2.16. The van der Waals surface area contributed by atoms with Crippen LogP contribution in [0.3, 0.4) is 0 Å². The Hall–Kier alpha value is -1.82. The summed E-state index contributed by atoms with van der Waals surface area (Å²) in [5.74, 6) is 0.938. The van der Waals surface area contributed by atoms with Gasteiger partial charge in [-0.05, 0) is 18.6 Å². The second-order valence-electron chi connectivity index (χ2n) is 4.76. The van der Waals surface area contributed by atoms with E-state index in [1.54, 1.807) is 42.3 Å². The highest BCUT2D eigenvalue weighted by Gasteiger charge is 2.19. The molecule has 0 radical (unpaired) electrons. The molecular weight excluding hydrogens is 284 g/mol. The van der Waals surface area contributed by atoms with Crippen molar-refractivity contribution in [1.82, 2.24) is 14.5 Å². The smallest absolute Gasteiger partial charge is 0.276 e. The quantitative estimate of drug-likeness (QED) is 0.608. The van der Waals surface area contributed by atoms with Crippen LogP contribution in [0.4, 0.5) is 5.69 Å². The zero-order valence-corrected chi connectivity index (χ0v) is 13.4. The maximum Gasteiger partial charge on any atom is 0.276 e. The van der Waals surface area contributed by atoms with Crippen LogP contribution in [0.1, 0.15) is 30.3 Å². The van der Waals surface area contributed by atoms with Crippen LogP contribution in [0.5, 0.6) is 0 Å². The first-order valence-corrected chi connectivity index (χ1v) is 7.96. The van der Waals surface area contributed by atoms with Crippen LogP contribution in [-0.2, 0) is 7.05 Å². The first kappa shape index (κ1) is 15.6. The summed E-state index contributed by atoms with van der Waals surface area (Å²) in [4.78, 5) is 22.5. The number of pyridine rings is 1. The van der Waals surface area contributed by atoms with Gasteiger partial charge >= 0.3 is 0 Å². The van der Waals surface area contributed by atoms with Gasteiger partial charge < -0.3 is 9.47 Å². The number of amides is 1. The zero-order chi connectivity index (χ0) is 15.2. The van der Waals surface area contributed by atoms with Crippen molar-refractivity contribution in [2.45, 2.75) is 24.9 Å². The number of nitrogens with zero attached hydrogens (tertiary/aromatic N) is 4. The third kappa shape index (κ3) is 3.64. The van der Waals surface area contributed by atoms with Gasteiger partial charge in [0.25, 0.3) is 5.91 Å². The minimum Gasteiger partial charge on any atom is -0.318 e. The molecule has 6 heteroatoms. The summed E-state index contributed by atoms with van der Waals surface area (Å²) in [5, 5.41) is 0.881. The van der Waals surface area contributed by atoms with Gasteiger partial charge in [0.05, 0.1) is 18.1 Å². The van der Waals surface area contributed by atoms with Crippen LogP contribution >= 0.6 is 11.8 Å². The Morgan fingerprint density at radius 2 is 2.24 bits per heavy atom. The van der Waals surface area contributed by atoms with E-state index >= 15 is 0 Å². The number of hydrogen-bond donors (Lipinski definition) is 0. The third-order valence-corrected chi connectivity index (χ3v) is 4.36. The molecule has 112 valence electrons. The summed E-state index contributed by atoms with van der Waals surface area (Å²) < 4.78 is 1.86. The average Bonchev–Trinajstić information content (AvgIpc) is 2.88. The van der Waals surface area contributed by atoms with Crippen LogP contribution in [-0.4, -0.2) is 33.2 Å². The van der Waals surface area contributed by atoms with Crippen molar-refractivity contribution in [3.8, 4) is 0 Å². The Labute approximate surface area is 129 Å². The number of rotatable bonds is 6. The van der Waals surface area contributed by atoms with Gasteiger partial charge in [0.15, 0.2) is 5.16 Å². The molecule has 2 rings (SSSR count). The first-order chi connectivity index (χ1) is 10.1. The van der Waals surface area contributed by atoms with Gasteiger partial charge in [-0.2, -0.15) is 0 Å². The maximum atomic E-state index is 12.5. The van der Waals surface area contributed by atoms with Gasteiger partial charge in [-0.1, -0.05) is 25.1 Å². The standard InChI is InChI=1S/C15H20N4OS/c1-4-5-9-21-15-17-11-13(19(15)3)14(20)18(2)12-7-6-8-16-10-12/h6-8,10-11H,4-5,9H2,1-3H3. The Bertz CT molecular complexity index is 597. The van der Waals surface area contributed by atoms with E-state index in [0.717, 1.165) is 29.4 Å². The molecule has 21 heavy (non-hydrogen) atoms. The van der Waals surface area contributed by atoms with E-state index in [-0.39, 0.29) is 5.91 Å². The highest BCUT2D eigenvalue weighted by Crippen LogP contribution is 2.20. The zero-order valence-electron chi connectivity index (χ0n) is 12.6. The van der Waals surface area contributed by atoms with Gasteiger partial charge in [0.2, 0.25) is 0 Å². The molecule has 0 atom stereocenters. The molecule has 2 aromatic rings. The topological polar surface area (TPSA) is 51.0 Å². The van der Waals surface area contributed by atoms with Crippen molar-refractivity contribution < 1.29 is 4.79 Å². The molecule has 2 heterocycles. The molecule has 0 aliphatic heterocycles. The molecule has 0 spiro atoms. The number of carbonyl (C=O) groups is 1. The number of aromatic nitrogens is 3. The summed E-state index contributed by atoms with van der Waals surface area (Å²) >= 11 is 1.69. The molecule has 0 aliphatic rings. The molecule has 0 aliphatic carbocycles. The van der Waals surface area contributed by atoms with E-state index in [1.807, 2.05) is 23.7 Å². The van der Waals surface area contributed by atoms with E-state index in [1.165, 1.54) is 0 Å². The van der Waals surface area contributed by atoms with Gasteiger partial charge in [0, 0.05) is 26.0 Å². The van der Waals surface area contributed by atoms with Crippen LogP contribution in [0.25, 0.3) is 0 Å². The molecule has 0 saturated heterocycles. The molecular formula is C15H20N4OS. The Morgan fingerprint density at radius 3 is 2.90 bits per heavy atom. The summed E-state index contributed by atoms with van der Waals surface area (Å²) in [6, 6.07) is 3.67. The predicted molar refractivity (Wildman–Crippen MR) is 85.8 cm³/mol. The van der Waals surface area contributed by atoms with Crippen LogP contribution < -0.4 is 4.90 Å². The van der Waals surface area contributed by atoms with Gasteiger partial charge in [-0.25, -0.2) is 4.98 Å².